The van der Waals surface area contributed by atoms with Gasteiger partial charge in [0, 0.05) is 18.8 Å². The van der Waals surface area contributed by atoms with E-state index in [9.17, 15) is 9.59 Å². The molecule has 0 radical (unpaired) electrons. The molecule has 1 unspecified atom stereocenters. The molecule has 0 spiro atoms. The number of nitrogens with zero attached hydrogens (tertiary/aromatic N) is 1. The Bertz CT molecular complexity index is 805. The number of anilines is 1. The monoisotopic (exact) mass is 369 g/mol. The van der Waals surface area contributed by atoms with Crippen LogP contribution in [0.5, 0.6) is 0 Å². The summed E-state index contributed by atoms with van der Waals surface area (Å²) in [6, 6.07) is 7.79. The van der Waals surface area contributed by atoms with Crippen LogP contribution < -0.4 is 10.8 Å². The molecule has 3 N–H and O–H groups in total. The third-order valence-corrected chi connectivity index (χ3v) is 5.16. The average Bonchev–Trinajstić information content (AvgIpc) is 2.66. The fourth-order valence-corrected chi connectivity index (χ4v) is 3.65. The molecule has 0 saturated carbocycles. The SMILES string of the molecule is CC(C)(C)c1ccccc1NC(=O)N1CCC2=CC(C(=O)NO)CC=C2C1. The van der Waals surface area contributed by atoms with E-state index in [0.717, 1.165) is 22.4 Å². The summed E-state index contributed by atoms with van der Waals surface area (Å²) in [6.45, 7) is 7.51. The summed E-state index contributed by atoms with van der Waals surface area (Å²) in [5, 5.41) is 11.9. The first kappa shape index (κ1) is 19.2. The fourth-order valence-electron chi connectivity index (χ4n) is 3.65. The Labute approximate surface area is 159 Å². The van der Waals surface area contributed by atoms with E-state index in [0.29, 0.717) is 25.9 Å². The molecule has 1 fully saturated rings. The number of para-hydroxylation sites is 1. The normalized spacial score (nSPS) is 19.6. The van der Waals surface area contributed by atoms with Gasteiger partial charge in [-0.1, -0.05) is 51.1 Å². The summed E-state index contributed by atoms with van der Waals surface area (Å²) in [5.41, 5.74) is 5.78. The Morgan fingerprint density at radius 1 is 1.19 bits per heavy atom. The van der Waals surface area contributed by atoms with Crippen molar-refractivity contribution in [1.29, 1.82) is 0 Å². The van der Waals surface area contributed by atoms with Gasteiger partial charge in [0.25, 0.3) is 5.91 Å². The molecular weight excluding hydrogens is 342 g/mol. The molecule has 0 bridgehead atoms. The number of carbonyl (C=O) groups excluding carboxylic acids is 2. The molecule has 27 heavy (non-hydrogen) atoms. The van der Waals surface area contributed by atoms with E-state index in [1.165, 1.54) is 0 Å². The second kappa shape index (κ2) is 7.56. The average molecular weight is 369 g/mol. The van der Waals surface area contributed by atoms with Gasteiger partial charge in [0.1, 0.15) is 0 Å². The fraction of sp³-hybridized carbons (Fsp3) is 0.429. The topological polar surface area (TPSA) is 81.7 Å². The minimum atomic E-state index is -0.392. The first-order valence-corrected chi connectivity index (χ1v) is 9.29. The van der Waals surface area contributed by atoms with Crippen molar-refractivity contribution >= 4 is 17.6 Å². The number of benzene rings is 1. The van der Waals surface area contributed by atoms with Gasteiger partial charge in [-0.25, -0.2) is 10.3 Å². The summed E-state index contributed by atoms with van der Waals surface area (Å²) in [5.74, 6) is -0.732. The molecule has 1 saturated heterocycles. The van der Waals surface area contributed by atoms with Crippen LogP contribution in [0.15, 0.2) is 47.6 Å². The van der Waals surface area contributed by atoms with Crippen molar-refractivity contribution in [3.63, 3.8) is 0 Å². The van der Waals surface area contributed by atoms with Crippen molar-refractivity contribution in [2.75, 3.05) is 18.4 Å². The van der Waals surface area contributed by atoms with Crippen molar-refractivity contribution in [2.24, 2.45) is 5.92 Å². The molecule has 0 aromatic heterocycles. The molecule has 1 aromatic carbocycles. The molecule has 2 aliphatic rings. The van der Waals surface area contributed by atoms with Crippen LogP contribution >= 0.6 is 0 Å². The van der Waals surface area contributed by atoms with E-state index in [4.69, 9.17) is 5.21 Å². The van der Waals surface area contributed by atoms with Gasteiger partial charge in [-0.05, 0) is 41.0 Å². The quantitative estimate of drug-likeness (QED) is 0.550. The lowest BCUT2D eigenvalue weighted by atomic mass is 9.85. The Balaban J connectivity index is 1.69. The maximum absolute atomic E-state index is 12.8. The summed E-state index contributed by atoms with van der Waals surface area (Å²) in [7, 11) is 0. The van der Waals surface area contributed by atoms with Crippen molar-refractivity contribution in [2.45, 2.75) is 39.0 Å². The van der Waals surface area contributed by atoms with E-state index in [2.05, 4.69) is 26.1 Å². The van der Waals surface area contributed by atoms with Crippen LogP contribution in [-0.2, 0) is 10.2 Å². The number of hydrogen-bond donors (Lipinski definition) is 3. The van der Waals surface area contributed by atoms with Gasteiger partial charge >= 0.3 is 6.03 Å². The minimum absolute atomic E-state index is 0.0597. The number of carbonyl (C=O) groups is 2. The zero-order valence-electron chi connectivity index (χ0n) is 16.1. The zero-order valence-corrected chi connectivity index (χ0v) is 16.1. The number of likely N-dealkylation sites (tertiary alicyclic amines) is 1. The van der Waals surface area contributed by atoms with E-state index < -0.39 is 5.91 Å². The zero-order chi connectivity index (χ0) is 19.6. The number of fused-ring (bicyclic) bond motifs is 1. The van der Waals surface area contributed by atoms with Crippen LogP contribution in [0.4, 0.5) is 10.5 Å². The molecule has 6 heteroatoms. The maximum Gasteiger partial charge on any atom is 0.322 e. The molecular formula is C21H27N3O3. The summed E-state index contributed by atoms with van der Waals surface area (Å²) in [4.78, 5) is 26.2. The van der Waals surface area contributed by atoms with Crippen LogP contribution in [0.1, 0.15) is 39.2 Å². The number of allylic oxidation sites excluding steroid dienone is 1. The van der Waals surface area contributed by atoms with Crippen molar-refractivity contribution in [1.82, 2.24) is 10.4 Å². The van der Waals surface area contributed by atoms with Gasteiger partial charge < -0.3 is 10.2 Å². The Kier molecular flexibility index (Phi) is 5.37. The van der Waals surface area contributed by atoms with E-state index in [-0.39, 0.29) is 17.4 Å². The number of hydrogen-bond acceptors (Lipinski definition) is 3. The number of rotatable bonds is 2. The van der Waals surface area contributed by atoms with E-state index in [1.807, 2.05) is 36.4 Å². The largest absolute Gasteiger partial charge is 0.322 e. The molecule has 3 amide bonds. The predicted molar refractivity (Wildman–Crippen MR) is 105 cm³/mol. The second-order valence-corrected chi connectivity index (χ2v) is 8.14. The van der Waals surface area contributed by atoms with Gasteiger partial charge in [-0.2, -0.15) is 0 Å². The molecule has 3 rings (SSSR count). The molecule has 1 aliphatic carbocycles. The Morgan fingerprint density at radius 2 is 1.93 bits per heavy atom. The first-order chi connectivity index (χ1) is 12.8. The number of nitrogens with one attached hydrogen (secondary N) is 2. The van der Waals surface area contributed by atoms with Crippen molar-refractivity contribution in [3.05, 3.63) is 53.1 Å². The van der Waals surface area contributed by atoms with Crippen molar-refractivity contribution in [3.8, 4) is 0 Å². The van der Waals surface area contributed by atoms with Gasteiger partial charge in [0.15, 0.2) is 0 Å². The van der Waals surface area contributed by atoms with Crippen LogP contribution in [-0.4, -0.2) is 35.1 Å². The highest BCUT2D eigenvalue weighted by Crippen LogP contribution is 2.32. The van der Waals surface area contributed by atoms with Crippen LogP contribution in [0.25, 0.3) is 0 Å². The highest BCUT2D eigenvalue weighted by atomic mass is 16.5. The molecule has 6 nitrogen and oxygen atoms in total. The number of urea groups is 1. The van der Waals surface area contributed by atoms with Crippen LogP contribution in [0.2, 0.25) is 0 Å². The summed E-state index contributed by atoms with van der Waals surface area (Å²) in [6.07, 6.45) is 5.14. The third-order valence-electron chi connectivity index (χ3n) is 5.16. The van der Waals surface area contributed by atoms with E-state index in [1.54, 1.807) is 10.4 Å². The minimum Gasteiger partial charge on any atom is -0.320 e. The van der Waals surface area contributed by atoms with Gasteiger partial charge in [0.2, 0.25) is 0 Å². The molecule has 1 aromatic rings. The smallest absolute Gasteiger partial charge is 0.320 e. The lowest BCUT2D eigenvalue weighted by Gasteiger charge is -2.33. The maximum atomic E-state index is 12.8. The van der Waals surface area contributed by atoms with Gasteiger partial charge in [-0.15, -0.1) is 0 Å². The lowest BCUT2D eigenvalue weighted by Crippen LogP contribution is -2.41. The standard InChI is InChI=1S/C21H27N3O3/c1-21(2,3)17-6-4-5-7-18(17)22-20(26)24-11-10-14-12-15(19(25)23-27)8-9-16(14)13-24/h4-7,9,12,15,27H,8,10-11,13H2,1-3H3,(H,22,26)(H,23,25). The number of piperidine rings is 1. The second-order valence-electron chi connectivity index (χ2n) is 8.14. The lowest BCUT2D eigenvalue weighted by molar-refractivity contribution is -0.131. The van der Waals surface area contributed by atoms with Crippen LogP contribution in [0.3, 0.4) is 0 Å². The highest BCUT2D eigenvalue weighted by molar-refractivity contribution is 5.91. The summed E-state index contributed by atoms with van der Waals surface area (Å²) < 4.78 is 0. The molecule has 1 atom stereocenters. The summed E-state index contributed by atoms with van der Waals surface area (Å²) >= 11 is 0. The first-order valence-electron chi connectivity index (χ1n) is 9.29. The number of amides is 3. The van der Waals surface area contributed by atoms with Gasteiger partial charge in [0.05, 0.1) is 5.92 Å². The highest BCUT2D eigenvalue weighted by Gasteiger charge is 2.28. The molecule has 1 aliphatic heterocycles. The third kappa shape index (κ3) is 4.22. The van der Waals surface area contributed by atoms with Crippen molar-refractivity contribution < 1.29 is 14.8 Å². The molecule has 144 valence electrons. The Hall–Kier alpha value is -2.60. The van der Waals surface area contributed by atoms with E-state index >= 15 is 0 Å². The van der Waals surface area contributed by atoms with Gasteiger partial charge in [-0.3, -0.25) is 10.0 Å². The Morgan fingerprint density at radius 3 is 2.63 bits per heavy atom. The predicted octanol–water partition coefficient (Wildman–Crippen LogP) is 3.60. The van der Waals surface area contributed by atoms with Crippen LogP contribution in [0, 0.1) is 5.92 Å². The molecule has 1 heterocycles. The number of hydroxylamine groups is 1.